The van der Waals surface area contributed by atoms with Crippen LogP contribution in [0.25, 0.3) is 0 Å². The number of nitro groups is 1. The lowest BCUT2D eigenvalue weighted by Crippen LogP contribution is -2.45. The number of anilines is 1. The van der Waals surface area contributed by atoms with Crippen molar-refractivity contribution in [1.29, 1.82) is 0 Å². The van der Waals surface area contributed by atoms with Gasteiger partial charge in [0.2, 0.25) is 5.91 Å². The molecule has 2 fully saturated rings. The van der Waals surface area contributed by atoms with Crippen molar-refractivity contribution in [1.82, 2.24) is 9.80 Å². The number of likely N-dealkylation sites (tertiary alicyclic amines) is 1. The van der Waals surface area contributed by atoms with E-state index in [4.69, 9.17) is 0 Å². The normalized spacial score (nSPS) is 17.9. The number of hydrogen-bond acceptors (Lipinski definition) is 5. The molecule has 8 heteroatoms. The van der Waals surface area contributed by atoms with Crippen molar-refractivity contribution in [3.63, 3.8) is 0 Å². The quantitative estimate of drug-likeness (QED) is 0.596. The first-order chi connectivity index (χ1) is 12.9. The maximum Gasteiger partial charge on any atom is 0.282 e. The molecule has 1 aromatic rings. The lowest BCUT2D eigenvalue weighted by molar-refractivity contribution is -0.385. The van der Waals surface area contributed by atoms with Crippen LogP contribution in [0.3, 0.4) is 0 Å². The maximum absolute atomic E-state index is 12.8. The van der Waals surface area contributed by atoms with Crippen LogP contribution in [0, 0.1) is 10.1 Å². The maximum atomic E-state index is 12.8. The lowest BCUT2D eigenvalue weighted by Gasteiger charge is -2.37. The summed E-state index contributed by atoms with van der Waals surface area (Å²) < 4.78 is 0. The van der Waals surface area contributed by atoms with Crippen molar-refractivity contribution in [2.24, 2.45) is 0 Å². The van der Waals surface area contributed by atoms with Crippen LogP contribution in [0.4, 0.5) is 11.4 Å². The van der Waals surface area contributed by atoms with Crippen LogP contribution >= 0.6 is 0 Å². The van der Waals surface area contributed by atoms with Gasteiger partial charge < -0.3 is 14.7 Å². The highest BCUT2D eigenvalue weighted by Crippen LogP contribution is 2.29. The topological polar surface area (TPSA) is 87.0 Å². The average molecular weight is 374 g/mol. The van der Waals surface area contributed by atoms with Gasteiger partial charge in [-0.2, -0.15) is 0 Å². The van der Waals surface area contributed by atoms with Gasteiger partial charge in [0.15, 0.2) is 0 Å². The fraction of sp³-hybridized carbons (Fsp3) is 0.579. The standard InChI is InChI=1S/C19H26N4O4/c1-14(24)20(2)15-7-11-21(12-8-15)16-5-6-18(23(26)27)17(13-16)19(25)22-9-3-4-10-22/h5-6,13,15H,3-4,7-12H2,1-2H3. The first-order valence-electron chi connectivity index (χ1n) is 9.44. The molecule has 146 valence electrons. The fourth-order valence-electron chi connectivity index (χ4n) is 3.91. The molecule has 2 saturated heterocycles. The van der Waals surface area contributed by atoms with Gasteiger partial charge in [-0.25, -0.2) is 0 Å². The number of carbonyl (C=O) groups excluding carboxylic acids is 2. The van der Waals surface area contributed by atoms with Gasteiger partial charge in [0.05, 0.1) is 4.92 Å². The number of nitrogens with zero attached hydrogens (tertiary/aromatic N) is 4. The highest BCUT2D eigenvalue weighted by Gasteiger charge is 2.29. The molecular formula is C19H26N4O4. The Kier molecular flexibility index (Phi) is 5.62. The summed E-state index contributed by atoms with van der Waals surface area (Å²) in [5, 5.41) is 11.4. The van der Waals surface area contributed by atoms with Gasteiger partial charge in [0.25, 0.3) is 11.6 Å². The summed E-state index contributed by atoms with van der Waals surface area (Å²) in [5.74, 6) is -0.200. The smallest absolute Gasteiger partial charge is 0.282 e. The molecule has 0 spiro atoms. The number of piperidine rings is 1. The zero-order valence-electron chi connectivity index (χ0n) is 15.9. The Morgan fingerprint density at radius 2 is 1.78 bits per heavy atom. The Morgan fingerprint density at radius 1 is 1.15 bits per heavy atom. The van der Waals surface area contributed by atoms with E-state index in [-0.39, 0.29) is 29.1 Å². The van der Waals surface area contributed by atoms with E-state index in [0.29, 0.717) is 13.1 Å². The number of hydrogen-bond donors (Lipinski definition) is 0. The van der Waals surface area contributed by atoms with Crippen LogP contribution in [0.2, 0.25) is 0 Å². The summed E-state index contributed by atoms with van der Waals surface area (Å²) >= 11 is 0. The minimum atomic E-state index is -0.485. The van der Waals surface area contributed by atoms with E-state index in [0.717, 1.165) is 44.5 Å². The van der Waals surface area contributed by atoms with Gasteiger partial charge in [-0.05, 0) is 37.8 Å². The summed E-state index contributed by atoms with van der Waals surface area (Å²) in [4.78, 5) is 40.8. The second kappa shape index (κ2) is 7.94. The van der Waals surface area contributed by atoms with Gasteiger partial charge in [0.1, 0.15) is 5.56 Å². The van der Waals surface area contributed by atoms with E-state index < -0.39 is 4.92 Å². The second-order valence-corrected chi connectivity index (χ2v) is 7.31. The molecule has 0 aromatic heterocycles. The number of rotatable bonds is 4. The molecule has 0 unspecified atom stereocenters. The van der Waals surface area contributed by atoms with E-state index in [1.54, 1.807) is 28.9 Å². The molecule has 2 aliphatic heterocycles. The number of nitro benzene ring substituents is 1. The average Bonchev–Trinajstić information content (AvgIpc) is 3.21. The third-order valence-corrected chi connectivity index (χ3v) is 5.67. The Balaban J connectivity index is 1.79. The SMILES string of the molecule is CC(=O)N(C)C1CCN(c2ccc([N+](=O)[O-])c(C(=O)N3CCCC3)c2)CC1. The summed E-state index contributed by atoms with van der Waals surface area (Å²) in [6, 6.07) is 5.02. The molecule has 2 aliphatic rings. The zero-order valence-corrected chi connectivity index (χ0v) is 15.9. The van der Waals surface area contributed by atoms with Crippen LogP contribution < -0.4 is 4.90 Å². The molecule has 3 rings (SSSR count). The Morgan fingerprint density at radius 3 is 2.33 bits per heavy atom. The van der Waals surface area contributed by atoms with Crippen molar-refractivity contribution in [2.75, 3.05) is 38.1 Å². The van der Waals surface area contributed by atoms with Crippen LogP contribution in [-0.2, 0) is 4.79 Å². The molecule has 2 amide bonds. The molecular weight excluding hydrogens is 348 g/mol. The Hall–Kier alpha value is -2.64. The molecule has 0 atom stereocenters. The van der Waals surface area contributed by atoms with E-state index in [1.807, 2.05) is 7.05 Å². The van der Waals surface area contributed by atoms with Crippen molar-refractivity contribution < 1.29 is 14.5 Å². The Bertz CT molecular complexity index is 737. The third kappa shape index (κ3) is 4.04. The fourth-order valence-corrected chi connectivity index (χ4v) is 3.91. The molecule has 0 N–H and O–H groups in total. The van der Waals surface area contributed by atoms with Gasteiger partial charge in [-0.1, -0.05) is 0 Å². The van der Waals surface area contributed by atoms with Gasteiger partial charge in [-0.3, -0.25) is 19.7 Å². The number of amides is 2. The first-order valence-corrected chi connectivity index (χ1v) is 9.44. The first kappa shape index (κ1) is 19.1. The van der Waals surface area contributed by atoms with Gasteiger partial charge in [0, 0.05) is 57.9 Å². The van der Waals surface area contributed by atoms with Crippen LogP contribution in [0.1, 0.15) is 43.0 Å². The number of carbonyl (C=O) groups is 2. The summed E-state index contributed by atoms with van der Waals surface area (Å²) in [6.45, 7) is 4.37. The highest BCUT2D eigenvalue weighted by molar-refractivity contribution is 5.99. The molecule has 2 heterocycles. The van der Waals surface area contributed by atoms with Crippen molar-refractivity contribution >= 4 is 23.2 Å². The zero-order chi connectivity index (χ0) is 19.6. The minimum Gasteiger partial charge on any atom is -0.371 e. The van der Waals surface area contributed by atoms with E-state index in [1.165, 1.54) is 6.07 Å². The van der Waals surface area contributed by atoms with E-state index in [9.17, 15) is 19.7 Å². The molecule has 0 saturated carbocycles. The molecule has 8 nitrogen and oxygen atoms in total. The molecule has 0 radical (unpaired) electrons. The largest absolute Gasteiger partial charge is 0.371 e. The molecule has 1 aromatic carbocycles. The molecule has 27 heavy (non-hydrogen) atoms. The van der Waals surface area contributed by atoms with Crippen molar-refractivity contribution in [2.45, 2.75) is 38.6 Å². The third-order valence-electron chi connectivity index (χ3n) is 5.67. The van der Waals surface area contributed by atoms with E-state index >= 15 is 0 Å². The Labute approximate surface area is 158 Å². The van der Waals surface area contributed by atoms with Crippen molar-refractivity contribution in [3.8, 4) is 0 Å². The van der Waals surface area contributed by atoms with Gasteiger partial charge >= 0.3 is 0 Å². The highest BCUT2D eigenvalue weighted by atomic mass is 16.6. The predicted octanol–water partition coefficient (Wildman–Crippen LogP) is 2.28. The summed E-state index contributed by atoms with van der Waals surface area (Å²) in [5.41, 5.74) is 0.858. The summed E-state index contributed by atoms with van der Waals surface area (Å²) in [6.07, 6.45) is 3.55. The second-order valence-electron chi connectivity index (χ2n) is 7.31. The predicted molar refractivity (Wildman–Crippen MR) is 102 cm³/mol. The van der Waals surface area contributed by atoms with Crippen molar-refractivity contribution in [3.05, 3.63) is 33.9 Å². The van der Waals surface area contributed by atoms with Crippen LogP contribution in [0.15, 0.2) is 18.2 Å². The number of benzene rings is 1. The molecule has 0 aliphatic carbocycles. The molecule has 0 bridgehead atoms. The lowest BCUT2D eigenvalue weighted by atomic mass is 10.0. The van der Waals surface area contributed by atoms with Crippen LogP contribution in [-0.4, -0.2) is 65.8 Å². The summed E-state index contributed by atoms with van der Waals surface area (Å²) in [7, 11) is 1.82. The van der Waals surface area contributed by atoms with Crippen LogP contribution in [0.5, 0.6) is 0 Å². The monoisotopic (exact) mass is 374 g/mol. The van der Waals surface area contributed by atoms with E-state index in [2.05, 4.69) is 4.90 Å². The minimum absolute atomic E-state index is 0.0577. The van der Waals surface area contributed by atoms with Gasteiger partial charge in [-0.15, -0.1) is 0 Å².